The molecule has 2 nitrogen and oxygen atoms in total. The van der Waals surface area contributed by atoms with Crippen molar-refractivity contribution >= 4 is 0 Å². The van der Waals surface area contributed by atoms with Gasteiger partial charge in [-0.1, -0.05) is 36.4 Å². The smallest absolute Gasteiger partial charge is 0.135 e. The molecule has 0 saturated heterocycles. The molecule has 0 heterocycles. The minimum atomic E-state index is 0.707. The molecule has 18 heavy (non-hydrogen) atoms. The van der Waals surface area contributed by atoms with Crippen LogP contribution in [0.3, 0.4) is 0 Å². The normalized spacial score (nSPS) is 10.0. The lowest BCUT2D eigenvalue weighted by Gasteiger charge is -2.06. The number of hydrogen-bond donors (Lipinski definition) is 0. The van der Waals surface area contributed by atoms with Crippen molar-refractivity contribution in [2.75, 3.05) is 6.61 Å². The van der Waals surface area contributed by atoms with Crippen molar-refractivity contribution in [1.82, 2.24) is 0 Å². The summed E-state index contributed by atoms with van der Waals surface area (Å²) in [5.41, 5.74) is 0. The average Bonchev–Trinajstić information content (AvgIpc) is 2.45. The molecule has 0 aliphatic heterocycles. The van der Waals surface area contributed by atoms with E-state index in [0.717, 1.165) is 24.3 Å². The average molecular weight is 241 g/mol. The van der Waals surface area contributed by atoms with Gasteiger partial charge in [-0.2, -0.15) is 0 Å². The van der Waals surface area contributed by atoms with Gasteiger partial charge in [-0.05, 0) is 37.1 Å². The Morgan fingerprint density at radius 1 is 0.778 bits per heavy atom. The van der Waals surface area contributed by atoms with Crippen LogP contribution in [0.5, 0.6) is 11.5 Å². The molecule has 0 unspecified atom stereocenters. The van der Waals surface area contributed by atoms with Crippen molar-refractivity contribution in [3.63, 3.8) is 0 Å². The minimum Gasteiger partial charge on any atom is -0.494 e. The van der Waals surface area contributed by atoms with Crippen LogP contribution in [0.4, 0.5) is 0 Å². The molecule has 1 radical (unpaired) electrons. The van der Waals surface area contributed by atoms with Crippen molar-refractivity contribution in [2.45, 2.75) is 12.8 Å². The summed E-state index contributed by atoms with van der Waals surface area (Å²) in [5.74, 6) is 1.79. The fourth-order valence-electron chi connectivity index (χ4n) is 1.53. The van der Waals surface area contributed by atoms with E-state index in [1.165, 1.54) is 0 Å². The molecule has 2 rings (SSSR count). The highest BCUT2D eigenvalue weighted by atomic mass is 16.5. The third-order valence-electron chi connectivity index (χ3n) is 2.44. The predicted molar refractivity (Wildman–Crippen MR) is 72.5 cm³/mol. The molecule has 0 bridgehead atoms. The lowest BCUT2D eigenvalue weighted by atomic mass is 10.3. The van der Waals surface area contributed by atoms with E-state index in [9.17, 15) is 0 Å². The van der Waals surface area contributed by atoms with Gasteiger partial charge in [0.2, 0.25) is 0 Å². The molecule has 0 spiro atoms. The van der Waals surface area contributed by atoms with Crippen molar-refractivity contribution in [3.8, 4) is 11.5 Å². The van der Waals surface area contributed by atoms with Gasteiger partial charge in [-0.3, -0.25) is 0 Å². The van der Waals surface area contributed by atoms with Crippen LogP contribution in [0.25, 0.3) is 0 Å². The van der Waals surface area contributed by atoms with Crippen molar-refractivity contribution in [3.05, 3.63) is 67.3 Å². The SMILES string of the molecule is [CH](CCCOc1ccccc1)Oc1ccccc1. The number of hydrogen-bond acceptors (Lipinski definition) is 2. The summed E-state index contributed by atoms with van der Waals surface area (Å²) in [7, 11) is 0. The fraction of sp³-hybridized carbons (Fsp3) is 0.188. The molecule has 0 amide bonds. The van der Waals surface area contributed by atoms with Gasteiger partial charge < -0.3 is 9.47 Å². The molecular formula is C16H17O2. The minimum absolute atomic E-state index is 0.707. The molecular weight excluding hydrogens is 224 g/mol. The van der Waals surface area contributed by atoms with Gasteiger partial charge in [0.25, 0.3) is 0 Å². The Labute approximate surface area is 108 Å². The number of benzene rings is 2. The molecule has 0 fully saturated rings. The van der Waals surface area contributed by atoms with E-state index in [1.54, 1.807) is 0 Å². The molecule has 0 saturated carbocycles. The van der Waals surface area contributed by atoms with Gasteiger partial charge >= 0.3 is 0 Å². The van der Waals surface area contributed by atoms with E-state index in [2.05, 4.69) is 0 Å². The second-order valence-corrected chi connectivity index (χ2v) is 3.90. The highest BCUT2D eigenvalue weighted by Gasteiger charge is 1.95. The Bertz CT molecular complexity index is 382. The Hall–Kier alpha value is -1.96. The molecule has 0 aromatic heterocycles. The van der Waals surface area contributed by atoms with Gasteiger partial charge in [0.1, 0.15) is 18.1 Å². The van der Waals surface area contributed by atoms with E-state index in [0.29, 0.717) is 6.61 Å². The first-order valence-corrected chi connectivity index (χ1v) is 6.16. The lowest BCUT2D eigenvalue weighted by Crippen LogP contribution is -1.98. The second-order valence-electron chi connectivity index (χ2n) is 3.90. The standard InChI is InChI=1S/C16H17O2/c1-3-9-15(10-4-1)17-13-7-8-14-18-16-11-5-2-6-12-16/h1-6,9-13H,7-8,14H2. The van der Waals surface area contributed by atoms with Crippen LogP contribution in [0.2, 0.25) is 0 Å². The van der Waals surface area contributed by atoms with Crippen LogP contribution >= 0.6 is 0 Å². The fourth-order valence-corrected chi connectivity index (χ4v) is 1.53. The Morgan fingerprint density at radius 2 is 1.39 bits per heavy atom. The summed E-state index contributed by atoms with van der Waals surface area (Å²) < 4.78 is 11.1. The number of ether oxygens (including phenoxy) is 2. The largest absolute Gasteiger partial charge is 0.494 e. The van der Waals surface area contributed by atoms with Crippen molar-refractivity contribution in [2.24, 2.45) is 0 Å². The maximum atomic E-state index is 5.58. The topological polar surface area (TPSA) is 18.5 Å². The van der Waals surface area contributed by atoms with Crippen LogP contribution in [-0.4, -0.2) is 6.61 Å². The maximum Gasteiger partial charge on any atom is 0.135 e. The predicted octanol–water partition coefficient (Wildman–Crippen LogP) is 4.09. The van der Waals surface area contributed by atoms with Crippen LogP contribution in [0.15, 0.2) is 60.7 Å². The summed E-state index contributed by atoms with van der Waals surface area (Å²) in [6.07, 6.45) is 1.82. The number of rotatable bonds is 7. The van der Waals surface area contributed by atoms with Gasteiger partial charge in [0.05, 0.1) is 6.61 Å². The van der Waals surface area contributed by atoms with Gasteiger partial charge in [0.15, 0.2) is 0 Å². The Morgan fingerprint density at radius 3 is 2.06 bits per heavy atom. The van der Waals surface area contributed by atoms with Gasteiger partial charge in [0, 0.05) is 0 Å². The van der Waals surface area contributed by atoms with Gasteiger partial charge in [-0.15, -0.1) is 0 Å². The molecule has 0 N–H and O–H groups in total. The zero-order valence-corrected chi connectivity index (χ0v) is 10.3. The first-order chi connectivity index (χ1) is 8.95. The van der Waals surface area contributed by atoms with Crippen LogP contribution in [-0.2, 0) is 0 Å². The summed E-state index contributed by atoms with van der Waals surface area (Å²) in [4.78, 5) is 0. The zero-order chi connectivity index (χ0) is 12.5. The Kier molecular flexibility index (Phi) is 5.12. The molecule has 0 aliphatic carbocycles. The summed E-state index contributed by atoms with van der Waals surface area (Å²) in [6, 6.07) is 19.6. The second kappa shape index (κ2) is 7.38. The zero-order valence-electron chi connectivity index (χ0n) is 10.3. The summed E-state index contributed by atoms with van der Waals surface area (Å²) in [6.45, 7) is 2.53. The van der Waals surface area contributed by atoms with E-state index in [-0.39, 0.29) is 0 Å². The monoisotopic (exact) mass is 241 g/mol. The summed E-state index contributed by atoms with van der Waals surface area (Å²) >= 11 is 0. The molecule has 2 aromatic rings. The van der Waals surface area contributed by atoms with Gasteiger partial charge in [-0.25, -0.2) is 0 Å². The van der Waals surface area contributed by atoms with E-state index in [4.69, 9.17) is 9.47 Å². The highest BCUT2D eigenvalue weighted by Crippen LogP contribution is 2.12. The Balaban J connectivity index is 1.54. The molecule has 2 aromatic carbocycles. The third-order valence-corrected chi connectivity index (χ3v) is 2.44. The molecule has 0 atom stereocenters. The summed E-state index contributed by atoms with van der Waals surface area (Å²) in [5, 5.41) is 0. The number of para-hydroxylation sites is 2. The molecule has 0 aliphatic rings. The molecule has 2 heteroatoms. The van der Waals surface area contributed by atoms with Crippen LogP contribution in [0, 0.1) is 6.61 Å². The van der Waals surface area contributed by atoms with Crippen LogP contribution in [0.1, 0.15) is 12.8 Å². The maximum absolute atomic E-state index is 5.58. The molecule has 93 valence electrons. The van der Waals surface area contributed by atoms with E-state index >= 15 is 0 Å². The third kappa shape index (κ3) is 4.50. The first kappa shape index (κ1) is 12.5. The van der Waals surface area contributed by atoms with Crippen molar-refractivity contribution in [1.29, 1.82) is 0 Å². The quantitative estimate of drug-likeness (QED) is 0.680. The lowest BCUT2D eigenvalue weighted by molar-refractivity contribution is 0.296. The van der Waals surface area contributed by atoms with Crippen molar-refractivity contribution < 1.29 is 9.47 Å². The number of unbranched alkanes of at least 4 members (excludes halogenated alkanes) is 1. The van der Waals surface area contributed by atoms with E-state index in [1.807, 2.05) is 67.3 Å². The first-order valence-electron chi connectivity index (χ1n) is 6.16. The highest BCUT2D eigenvalue weighted by molar-refractivity contribution is 5.21. The van der Waals surface area contributed by atoms with E-state index < -0.39 is 0 Å². The van der Waals surface area contributed by atoms with Crippen LogP contribution < -0.4 is 9.47 Å².